The maximum absolute atomic E-state index is 12.2. The molecule has 1 N–H and O–H groups in total. The first kappa shape index (κ1) is 16.3. The average Bonchev–Trinajstić information content (AvgIpc) is 2.84. The standard InChI is InChI=1S/C13H19BrN2O2S/c1-4-5-9(2)13(18)16-8-19-7-11(16)12(17)15-6-10(3)14/h5,11H,3-4,6-8H2,1-2H3,(H,15,17)/b9-5-/t11-/m0/s1. The molecule has 106 valence electrons. The van der Waals surface area contributed by atoms with Crippen molar-refractivity contribution in [2.75, 3.05) is 18.2 Å². The minimum atomic E-state index is -0.385. The number of nitrogens with zero attached hydrogens (tertiary/aromatic N) is 1. The van der Waals surface area contributed by atoms with E-state index >= 15 is 0 Å². The Labute approximate surface area is 126 Å². The summed E-state index contributed by atoms with van der Waals surface area (Å²) in [6, 6.07) is -0.385. The minimum absolute atomic E-state index is 0.0512. The van der Waals surface area contributed by atoms with E-state index in [-0.39, 0.29) is 17.9 Å². The van der Waals surface area contributed by atoms with Gasteiger partial charge in [-0.2, -0.15) is 0 Å². The van der Waals surface area contributed by atoms with Crippen LogP contribution in [-0.2, 0) is 9.59 Å². The highest BCUT2D eigenvalue weighted by atomic mass is 79.9. The average molecular weight is 347 g/mol. The van der Waals surface area contributed by atoms with Crippen molar-refractivity contribution in [3.63, 3.8) is 0 Å². The molecule has 0 bridgehead atoms. The highest BCUT2D eigenvalue weighted by Crippen LogP contribution is 2.23. The molecule has 1 saturated heterocycles. The van der Waals surface area contributed by atoms with Crippen molar-refractivity contribution < 1.29 is 9.59 Å². The topological polar surface area (TPSA) is 49.4 Å². The molecule has 1 aliphatic heterocycles. The summed E-state index contributed by atoms with van der Waals surface area (Å²) in [5.74, 6) is 1.04. The number of thioether (sulfide) groups is 1. The van der Waals surface area contributed by atoms with Gasteiger partial charge < -0.3 is 10.2 Å². The van der Waals surface area contributed by atoms with Gasteiger partial charge in [-0.25, -0.2) is 0 Å². The molecular weight excluding hydrogens is 328 g/mol. The third-order valence-corrected chi connectivity index (χ3v) is 4.04. The first-order chi connectivity index (χ1) is 8.97. The van der Waals surface area contributed by atoms with Gasteiger partial charge in [0.05, 0.1) is 5.88 Å². The zero-order valence-electron chi connectivity index (χ0n) is 11.2. The van der Waals surface area contributed by atoms with Crippen molar-refractivity contribution in [3.8, 4) is 0 Å². The van der Waals surface area contributed by atoms with Gasteiger partial charge in [0.15, 0.2) is 0 Å². The Morgan fingerprint density at radius 2 is 2.26 bits per heavy atom. The van der Waals surface area contributed by atoms with E-state index in [2.05, 4.69) is 27.8 Å². The predicted octanol–water partition coefficient (Wildman–Crippen LogP) is 2.27. The Hall–Kier alpha value is -0.750. The van der Waals surface area contributed by atoms with Crippen molar-refractivity contribution in [1.82, 2.24) is 10.2 Å². The number of hydrogen-bond donors (Lipinski definition) is 1. The fraction of sp³-hybridized carbons (Fsp3) is 0.538. The number of allylic oxidation sites excluding steroid dienone is 1. The molecule has 0 aromatic heterocycles. The predicted molar refractivity (Wildman–Crippen MR) is 83.1 cm³/mol. The van der Waals surface area contributed by atoms with E-state index in [0.717, 1.165) is 6.42 Å². The second-order valence-corrected chi connectivity index (χ2v) is 6.44. The lowest BCUT2D eigenvalue weighted by atomic mass is 10.2. The van der Waals surface area contributed by atoms with Crippen LogP contribution < -0.4 is 5.32 Å². The zero-order valence-corrected chi connectivity index (χ0v) is 13.6. The van der Waals surface area contributed by atoms with Crippen molar-refractivity contribution in [3.05, 3.63) is 22.7 Å². The zero-order chi connectivity index (χ0) is 14.4. The third kappa shape index (κ3) is 4.69. The van der Waals surface area contributed by atoms with Crippen molar-refractivity contribution >= 4 is 39.5 Å². The Bertz CT molecular complexity index is 409. The van der Waals surface area contributed by atoms with Crippen molar-refractivity contribution in [1.29, 1.82) is 0 Å². The van der Waals surface area contributed by atoms with Gasteiger partial charge in [-0.05, 0) is 13.3 Å². The van der Waals surface area contributed by atoms with Gasteiger partial charge in [-0.15, -0.1) is 11.8 Å². The number of hydrogen-bond acceptors (Lipinski definition) is 3. The number of nitrogens with one attached hydrogen (secondary N) is 1. The monoisotopic (exact) mass is 346 g/mol. The molecule has 0 aliphatic carbocycles. The van der Waals surface area contributed by atoms with Crippen LogP contribution in [0.25, 0.3) is 0 Å². The maximum Gasteiger partial charge on any atom is 0.250 e. The molecule has 0 unspecified atom stereocenters. The number of amides is 2. The summed E-state index contributed by atoms with van der Waals surface area (Å²) in [6.07, 6.45) is 2.71. The van der Waals surface area contributed by atoms with Gasteiger partial charge in [0.25, 0.3) is 5.91 Å². The van der Waals surface area contributed by atoms with E-state index < -0.39 is 0 Å². The quantitative estimate of drug-likeness (QED) is 0.777. The van der Waals surface area contributed by atoms with Gasteiger partial charge in [-0.1, -0.05) is 35.5 Å². The van der Waals surface area contributed by atoms with Crippen LogP contribution in [0.4, 0.5) is 0 Å². The molecule has 4 nitrogen and oxygen atoms in total. The van der Waals surface area contributed by atoms with Gasteiger partial charge >= 0.3 is 0 Å². The second kappa shape index (κ2) is 7.75. The summed E-state index contributed by atoms with van der Waals surface area (Å²) in [6.45, 7) is 7.83. The second-order valence-electron chi connectivity index (χ2n) is 4.32. The first-order valence-corrected chi connectivity index (χ1v) is 8.08. The Morgan fingerprint density at radius 3 is 2.84 bits per heavy atom. The first-order valence-electron chi connectivity index (χ1n) is 6.13. The maximum atomic E-state index is 12.2. The van der Waals surface area contributed by atoms with Crippen LogP contribution in [0.5, 0.6) is 0 Å². The van der Waals surface area contributed by atoms with Gasteiger partial charge in [0.2, 0.25) is 5.91 Å². The number of rotatable bonds is 5. The van der Waals surface area contributed by atoms with E-state index in [1.54, 1.807) is 23.6 Å². The van der Waals surface area contributed by atoms with Crippen LogP contribution in [-0.4, -0.2) is 40.9 Å². The molecular formula is C13H19BrN2O2S. The molecule has 1 rings (SSSR count). The highest BCUT2D eigenvalue weighted by molar-refractivity contribution is 9.11. The molecule has 0 aromatic rings. The Morgan fingerprint density at radius 1 is 1.58 bits per heavy atom. The summed E-state index contributed by atoms with van der Waals surface area (Å²) in [5, 5.41) is 2.77. The van der Waals surface area contributed by atoms with Crippen molar-refractivity contribution in [2.45, 2.75) is 26.3 Å². The van der Waals surface area contributed by atoms with Crippen LogP contribution in [0.15, 0.2) is 22.7 Å². The summed E-state index contributed by atoms with van der Waals surface area (Å²) >= 11 is 4.79. The molecule has 1 fully saturated rings. The Kier molecular flexibility index (Phi) is 6.65. The third-order valence-electron chi connectivity index (χ3n) is 2.75. The van der Waals surface area contributed by atoms with E-state index in [1.807, 2.05) is 13.0 Å². The summed E-state index contributed by atoms with van der Waals surface area (Å²) in [5.41, 5.74) is 0.702. The normalized spacial score (nSPS) is 19.4. The number of carbonyl (C=O) groups is 2. The highest BCUT2D eigenvalue weighted by Gasteiger charge is 2.34. The van der Waals surface area contributed by atoms with Crippen LogP contribution in [0.1, 0.15) is 20.3 Å². The molecule has 1 aliphatic rings. The lowest BCUT2D eigenvalue weighted by molar-refractivity contribution is -0.135. The fourth-order valence-corrected chi connectivity index (χ4v) is 3.07. The molecule has 1 heterocycles. The smallest absolute Gasteiger partial charge is 0.250 e. The van der Waals surface area contributed by atoms with Gasteiger partial charge in [0.1, 0.15) is 6.04 Å². The molecule has 6 heteroatoms. The molecule has 1 atom stereocenters. The lowest BCUT2D eigenvalue weighted by Crippen LogP contribution is -2.47. The minimum Gasteiger partial charge on any atom is -0.350 e. The number of halogens is 1. The van der Waals surface area contributed by atoms with Gasteiger partial charge in [-0.3, -0.25) is 9.59 Å². The van der Waals surface area contributed by atoms with Crippen LogP contribution >= 0.6 is 27.7 Å². The lowest BCUT2D eigenvalue weighted by Gasteiger charge is -2.23. The summed E-state index contributed by atoms with van der Waals surface area (Å²) in [4.78, 5) is 25.9. The number of carbonyl (C=O) groups excluding carboxylic acids is 2. The molecule has 0 radical (unpaired) electrons. The van der Waals surface area contributed by atoms with E-state index in [1.165, 1.54) is 0 Å². The molecule has 2 amide bonds. The fourth-order valence-electron chi connectivity index (χ4n) is 1.78. The van der Waals surface area contributed by atoms with E-state index in [0.29, 0.717) is 28.2 Å². The molecule has 0 spiro atoms. The van der Waals surface area contributed by atoms with Gasteiger partial charge in [0, 0.05) is 22.4 Å². The SMILES string of the molecule is C=C(Br)CNC(=O)[C@@H]1CSCN1C(=O)/C(C)=C\CC. The molecule has 19 heavy (non-hydrogen) atoms. The van der Waals surface area contributed by atoms with E-state index in [4.69, 9.17) is 0 Å². The summed E-state index contributed by atoms with van der Waals surface area (Å²) < 4.78 is 0.714. The van der Waals surface area contributed by atoms with Crippen LogP contribution in [0.3, 0.4) is 0 Å². The Balaban J connectivity index is 2.68. The van der Waals surface area contributed by atoms with E-state index in [9.17, 15) is 9.59 Å². The van der Waals surface area contributed by atoms with Crippen molar-refractivity contribution in [2.24, 2.45) is 0 Å². The molecule has 0 saturated carbocycles. The van der Waals surface area contributed by atoms with Crippen LogP contribution in [0, 0.1) is 0 Å². The summed E-state index contributed by atoms with van der Waals surface area (Å²) in [7, 11) is 0. The molecule has 0 aromatic carbocycles. The van der Waals surface area contributed by atoms with Crippen LogP contribution in [0.2, 0.25) is 0 Å². The largest absolute Gasteiger partial charge is 0.350 e.